The van der Waals surface area contributed by atoms with Crippen LogP contribution in [0.25, 0.3) is 0 Å². The number of carbonyl (C=O) groups is 2. The molecule has 5 nitrogen and oxygen atoms in total. The van der Waals surface area contributed by atoms with Crippen molar-refractivity contribution >= 4 is 38.5 Å². The molecule has 11 heavy (non-hydrogen) atoms. The van der Waals surface area contributed by atoms with Crippen LogP contribution in [0.4, 0.5) is 0 Å². The predicted molar refractivity (Wildman–Crippen MR) is 41.0 cm³/mol. The maximum absolute atomic E-state index is 9.99. The Labute approximate surface area is 83.0 Å². The number of carboxylic acid groups (broad SMARTS) is 2. The van der Waals surface area contributed by atoms with Gasteiger partial charge in [0.1, 0.15) is 6.04 Å². The first-order valence-corrected chi connectivity index (χ1v) is 2.74. The van der Waals surface area contributed by atoms with Crippen molar-refractivity contribution < 1.29 is 19.8 Å². The summed E-state index contributed by atoms with van der Waals surface area (Å²) in [7, 11) is 0. The first-order chi connectivity index (χ1) is 4.54. The average Bonchev–Trinajstić information content (AvgIpc) is 1.82. The third-order valence-electron chi connectivity index (χ3n) is 0.986. The zero-order chi connectivity index (χ0) is 8.15. The summed E-state index contributed by atoms with van der Waals surface area (Å²) in [6.45, 7) is 0. The molecule has 0 amide bonds. The van der Waals surface area contributed by atoms with Gasteiger partial charge in [-0.3, -0.25) is 9.59 Å². The van der Waals surface area contributed by atoms with E-state index < -0.39 is 18.0 Å². The maximum atomic E-state index is 9.99. The molecule has 0 heterocycles. The fourth-order valence-corrected chi connectivity index (χ4v) is 0.402. The van der Waals surface area contributed by atoms with Crippen molar-refractivity contribution in [3.05, 3.63) is 0 Å². The number of aliphatic carboxylic acids is 2. The van der Waals surface area contributed by atoms with Gasteiger partial charge in [-0.05, 0) is 6.42 Å². The molecule has 0 rings (SSSR count). The third-order valence-corrected chi connectivity index (χ3v) is 0.986. The Morgan fingerprint density at radius 1 is 1.36 bits per heavy atom. The minimum absolute atomic E-state index is 0. The van der Waals surface area contributed by atoms with E-state index in [0.29, 0.717) is 0 Å². The number of nitrogens with two attached hydrogens (primary N) is 1. The molecule has 0 saturated carbocycles. The molecule has 0 aliphatic rings. The molecule has 0 aliphatic carbocycles. The van der Waals surface area contributed by atoms with Gasteiger partial charge in [0, 0.05) is 6.42 Å². The van der Waals surface area contributed by atoms with Crippen LogP contribution in [0.3, 0.4) is 0 Å². The monoisotopic (exact) mass is 358 g/mol. The summed E-state index contributed by atoms with van der Waals surface area (Å²) < 4.78 is 0. The van der Waals surface area contributed by atoms with E-state index in [4.69, 9.17) is 15.9 Å². The van der Waals surface area contributed by atoms with E-state index in [-0.39, 0.29) is 39.4 Å². The van der Waals surface area contributed by atoms with E-state index in [1.54, 1.807) is 0 Å². The molecular formula is C5H11NO4Po. The summed E-state index contributed by atoms with van der Waals surface area (Å²) >= 11 is 0. The molecule has 4 N–H and O–H groups in total. The van der Waals surface area contributed by atoms with Gasteiger partial charge >= 0.3 is 38.5 Å². The van der Waals surface area contributed by atoms with Crippen LogP contribution >= 0.6 is 0 Å². The molecule has 0 aromatic rings. The molecule has 1 atom stereocenters. The molecule has 0 bridgehead atoms. The van der Waals surface area contributed by atoms with Crippen molar-refractivity contribution in [2.24, 2.45) is 5.73 Å². The molecule has 0 saturated heterocycles. The first kappa shape index (κ1) is 13.4. The molecular weight excluding hydrogens is 347 g/mol. The first-order valence-electron chi connectivity index (χ1n) is 2.74. The molecule has 6 heteroatoms. The number of carboxylic acids is 2. The number of rotatable bonds is 4. The summed E-state index contributed by atoms with van der Waals surface area (Å²) in [5.41, 5.74) is 5.00. The van der Waals surface area contributed by atoms with Crippen LogP contribution < -0.4 is 5.73 Å². The van der Waals surface area contributed by atoms with E-state index in [2.05, 4.69) is 0 Å². The fraction of sp³-hybridized carbons (Fsp3) is 0.600. The van der Waals surface area contributed by atoms with Crippen molar-refractivity contribution in [3.8, 4) is 0 Å². The zero-order valence-corrected chi connectivity index (χ0v) is 9.67. The zero-order valence-electron chi connectivity index (χ0n) is 5.78. The van der Waals surface area contributed by atoms with Crippen molar-refractivity contribution in [2.75, 3.05) is 0 Å². The van der Waals surface area contributed by atoms with Crippen molar-refractivity contribution in [1.82, 2.24) is 0 Å². The van der Waals surface area contributed by atoms with E-state index in [1.807, 2.05) is 0 Å². The average molecular weight is 358 g/mol. The Hall–Kier alpha value is -0.204. The summed E-state index contributed by atoms with van der Waals surface area (Å²) in [6.07, 6.45) is -0.224. The quantitative estimate of drug-likeness (QED) is 0.559. The third kappa shape index (κ3) is 7.70. The molecule has 0 radical (unpaired) electrons. The van der Waals surface area contributed by atoms with E-state index in [9.17, 15) is 9.59 Å². The summed E-state index contributed by atoms with van der Waals surface area (Å²) in [5.74, 6) is -2.20. The Kier molecular flexibility index (Phi) is 7.92. The molecule has 0 aromatic heterocycles. The van der Waals surface area contributed by atoms with E-state index in [1.165, 1.54) is 0 Å². The van der Waals surface area contributed by atoms with Gasteiger partial charge in [0.2, 0.25) is 0 Å². The second-order valence-corrected chi connectivity index (χ2v) is 1.88. The van der Waals surface area contributed by atoms with Crippen LogP contribution in [-0.2, 0) is 9.59 Å². The van der Waals surface area contributed by atoms with Crippen LogP contribution in [0.5, 0.6) is 0 Å². The molecule has 0 unspecified atom stereocenters. The van der Waals surface area contributed by atoms with Crippen molar-refractivity contribution in [3.63, 3.8) is 0 Å². The molecule has 0 fully saturated rings. The summed E-state index contributed by atoms with van der Waals surface area (Å²) in [5, 5.41) is 16.3. The van der Waals surface area contributed by atoms with Crippen LogP contribution in [0.1, 0.15) is 12.8 Å². The number of hydrogen-bond donors (Lipinski definition) is 3. The van der Waals surface area contributed by atoms with Crippen LogP contribution in [0.2, 0.25) is 0 Å². The van der Waals surface area contributed by atoms with Crippen molar-refractivity contribution in [1.29, 1.82) is 0 Å². The van der Waals surface area contributed by atoms with Gasteiger partial charge in [-0.25, -0.2) is 0 Å². The topological polar surface area (TPSA) is 101 Å². The van der Waals surface area contributed by atoms with E-state index in [0.717, 1.165) is 0 Å². The van der Waals surface area contributed by atoms with Gasteiger partial charge in [0.05, 0.1) is 0 Å². The second kappa shape index (κ2) is 6.50. The van der Waals surface area contributed by atoms with Gasteiger partial charge < -0.3 is 15.9 Å². The Morgan fingerprint density at radius 2 is 1.82 bits per heavy atom. The number of hydrogen-bond acceptors (Lipinski definition) is 3. The molecule has 0 spiro atoms. The van der Waals surface area contributed by atoms with Gasteiger partial charge in [-0.1, -0.05) is 0 Å². The minimum atomic E-state index is -1.17. The predicted octanol–water partition coefficient (Wildman–Crippen LogP) is -1.65. The van der Waals surface area contributed by atoms with Crippen LogP contribution in [-0.4, -0.2) is 54.8 Å². The van der Waals surface area contributed by atoms with Gasteiger partial charge in [0.15, 0.2) is 0 Å². The van der Waals surface area contributed by atoms with Gasteiger partial charge in [-0.2, -0.15) is 0 Å². The molecule has 66 valence electrons. The Bertz CT molecular complexity index is 149. The van der Waals surface area contributed by atoms with Gasteiger partial charge in [-0.15, -0.1) is 0 Å². The normalized spacial score (nSPS) is 11.4. The summed E-state index contributed by atoms with van der Waals surface area (Å²) in [6, 6.07) is -1.06. The SMILES string of the molecule is N[C@@H](CCC(=O)O)C(=O)O.[PoH2]. The van der Waals surface area contributed by atoms with Crippen LogP contribution in [0, 0.1) is 0 Å². The standard InChI is InChI=1S/C5H9NO4.Po.2H/c6-3(5(9)10)1-2-4(7)8;;;/h3H,1-2,6H2,(H,7,8)(H,9,10);;;/t3-;;;/m0.../s1. The molecule has 0 aliphatic heterocycles. The fourth-order valence-electron chi connectivity index (χ4n) is 0.402. The van der Waals surface area contributed by atoms with Crippen LogP contribution in [0.15, 0.2) is 0 Å². The Balaban J connectivity index is 0. The van der Waals surface area contributed by atoms with Crippen molar-refractivity contribution in [2.45, 2.75) is 18.9 Å². The Morgan fingerprint density at radius 3 is 2.09 bits per heavy atom. The van der Waals surface area contributed by atoms with Gasteiger partial charge in [0.25, 0.3) is 0 Å². The summed E-state index contributed by atoms with van der Waals surface area (Å²) in [4.78, 5) is 19.9. The van der Waals surface area contributed by atoms with E-state index >= 15 is 0 Å². The second-order valence-electron chi connectivity index (χ2n) is 1.88. The molecule has 0 aromatic carbocycles.